The molecule has 0 heterocycles. The third kappa shape index (κ3) is 7.33. The van der Waals surface area contributed by atoms with Crippen LogP contribution in [0.2, 0.25) is 0 Å². The Hall–Kier alpha value is -1.29. The van der Waals surface area contributed by atoms with Crippen molar-refractivity contribution >= 4 is 19.5 Å². The lowest BCUT2D eigenvalue weighted by Crippen LogP contribution is -2.17. The molecule has 0 saturated heterocycles. The summed E-state index contributed by atoms with van der Waals surface area (Å²) in [6.07, 6.45) is 6.98. The van der Waals surface area contributed by atoms with E-state index in [1.54, 1.807) is 0 Å². The number of Topliss-reactive ketones (excluding diaryl/α,β-unsaturated/α-hetero) is 1. The second-order valence-electron chi connectivity index (χ2n) is 8.05. The van der Waals surface area contributed by atoms with Gasteiger partial charge in [0.1, 0.15) is 12.6 Å². The summed E-state index contributed by atoms with van der Waals surface area (Å²) in [6, 6.07) is 4.32. The number of carbonyl (C=O) groups is 2. The zero-order valence-corrected chi connectivity index (χ0v) is 17.3. The summed E-state index contributed by atoms with van der Waals surface area (Å²) in [5.74, 6) is -1.16. The maximum absolute atomic E-state index is 11.6. The molecule has 0 unspecified atom stereocenters. The fraction of sp³-hybridized carbons (Fsp3) is 0.619. The van der Waals surface area contributed by atoms with Gasteiger partial charge in [-0.3, -0.25) is 9.59 Å². The highest BCUT2D eigenvalue weighted by Gasteiger charge is 2.36. The zero-order chi connectivity index (χ0) is 20.0. The van der Waals surface area contributed by atoms with Gasteiger partial charge in [-0.25, -0.2) is 9.79 Å². The second-order valence-corrected chi connectivity index (χ2v) is 10.6. The van der Waals surface area contributed by atoms with Crippen molar-refractivity contribution in [1.82, 2.24) is 0 Å². The maximum atomic E-state index is 11.6. The normalized spacial score (nSPS) is 15.7. The molecular weight excluding hydrogens is 363 g/mol. The Morgan fingerprint density at radius 3 is 2.41 bits per heavy atom. The maximum Gasteiger partial charge on any atom is 0.311 e. The minimum atomic E-state index is -3.43. The van der Waals surface area contributed by atoms with E-state index < -0.39 is 32.1 Å². The molecule has 0 spiro atoms. The summed E-state index contributed by atoms with van der Waals surface area (Å²) in [5.41, 5.74) is 4.81. The summed E-state index contributed by atoms with van der Waals surface area (Å²) in [6.45, 7) is 4.14. The van der Waals surface area contributed by atoms with Crippen LogP contribution in [-0.4, -0.2) is 39.0 Å². The minimum Gasteiger partial charge on any atom is -0.481 e. The summed E-state index contributed by atoms with van der Waals surface area (Å²) in [7, 11) is -3.43. The number of carboxylic acids is 1. The van der Waals surface area contributed by atoms with Gasteiger partial charge in [-0.1, -0.05) is 49.8 Å². The van der Waals surface area contributed by atoms with Crippen LogP contribution < -0.4 is 0 Å². The molecule has 1 saturated carbocycles. The molecule has 0 aromatic heterocycles. The van der Waals surface area contributed by atoms with Gasteiger partial charge in [0.15, 0.2) is 11.9 Å². The van der Waals surface area contributed by atoms with Crippen LogP contribution in [0, 0.1) is 19.8 Å². The van der Waals surface area contributed by atoms with Gasteiger partial charge in [0.2, 0.25) is 0 Å². The van der Waals surface area contributed by atoms with Gasteiger partial charge in [-0.2, -0.15) is 0 Å². The number of benzene rings is 1. The van der Waals surface area contributed by atoms with E-state index in [1.807, 2.05) is 0 Å². The van der Waals surface area contributed by atoms with E-state index in [0.29, 0.717) is 12.3 Å². The third-order valence-electron chi connectivity index (χ3n) is 5.44. The first kappa shape index (κ1) is 22.0. The van der Waals surface area contributed by atoms with Gasteiger partial charge in [0, 0.05) is 6.42 Å². The van der Waals surface area contributed by atoms with Crippen LogP contribution in [0.15, 0.2) is 12.1 Å². The monoisotopic (exact) mass is 395 g/mol. The Bertz CT molecular complexity index is 677. The van der Waals surface area contributed by atoms with Crippen molar-refractivity contribution in [3.8, 4) is 0 Å². The van der Waals surface area contributed by atoms with Gasteiger partial charge < -0.3 is 5.11 Å². The second kappa shape index (κ2) is 9.77. The molecule has 3 N–H and O–H groups in total. The van der Waals surface area contributed by atoms with E-state index in [9.17, 15) is 19.4 Å². The molecule has 1 aromatic rings. The largest absolute Gasteiger partial charge is 0.481 e. The smallest absolute Gasteiger partial charge is 0.311 e. The Morgan fingerprint density at radius 1 is 1.11 bits per heavy atom. The Morgan fingerprint density at radius 2 is 1.78 bits per heavy atom. The molecule has 0 amide bonds. The Balaban J connectivity index is 2.07. The first-order valence-electron chi connectivity index (χ1n) is 9.81. The van der Waals surface area contributed by atoms with Crippen molar-refractivity contribution < 1.29 is 24.5 Å². The van der Waals surface area contributed by atoms with Gasteiger partial charge in [0.05, 0.1) is 0 Å². The van der Waals surface area contributed by atoms with E-state index >= 15 is 0 Å². The number of hydrogen-bond acceptors (Lipinski definition) is 4. The molecule has 6 heteroatoms. The number of rotatable bonds is 9. The predicted octanol–water partition coefficient (Wildman–Crippen LogP) is 3.84. The standard InChI is InChI=1S/C21H31O5P/c1-15-10-16(2)20(18(11-15)12-17-6-4-3-5-7-17)8-9-27(25,26)14-19(22)13-21(23)24/h10-11,17,25-26H,3-9,12-14H2,1-2H3/p+1. The lowest BCUT2D eigenvalue weighted by atomic mass is 9.82. The molecule has 0 radical (unpaired) electrons. The number of aryl methyl sites for hydroxylation is 2. The van der Waals surface area contributed by atoms with Gasteiger partial charge in [0.25, 0.3) is 7.72 Å². The van der Waals surface area contributed by atoms with Crippen LogP contribution in [0.5, 0.6) is 0 Å². The Labute approximate surface area is 162 Å². The third-order valence-corrected chi connectivity index (χ3v) is 7.24. The lowest BCUT2D eigenvalue weighted by Gasteiger charge is -2.24. The van der Waals surface area contributed by atoms with Crippen molar-refractivity contribution in [2.45, 2.75) is 65.2 Å². The highest BCUT2D eigenvalue weighted by Crippen LogP contribution is 2.50. The first-order chi connectivity index (χ1) is 12.7. The van der Waals surface area contributed by atoms with Crippen molar-refractivity contribution in [3.63, 3.8) is 0 Å². The molecular formula is C21H32O5P+. The molecule has 150 valence electrons. The van der Waals surface area contributed by atoms with Crippen LogP contribution in [0.4, 0.5) is 0 Å². The van der Waals surface area contributed by atoms with Crippen LogP contribution in [0.3, 0.4) is 0 Å². The van der Waals surface area contributed by atoms with Crippen LogP contribution >= 0.6 is 7.72 Å². The van der Waals surface area contributed by atoms with Gasteiger partial charge in [-0.05, 0) is 42.9 Å². The van der Waals surface area contributed by atoms with E-state index in [4.69, 9.17) is 5.11 Å². The van der Waals surface area contributed by atoms with Crippen molar-refractivity contribution in [3.05, 3.63) is 34.4 Å². The van der Waals surface area contributed by atoms with E-state index in [1.165, 1.54) is 43.2 Å². The van der Waals surface area contributed by atoms with Crippen molar-refractivity contribution in [2.75, 3.05) is 12.3 Å². The van der Waals surface area contributed by atoms with Crippen molar-refractivity contribution in [1.29, 1.82) is 0 Å². The summed E-state index contributed by atoms with van der Waals surface area (Å²) < 4.78 is 0. The fourth-order valence-electron chi connectivity index (χ4n) is 4.20. The number of ketones is 1. The van der Waals surface area contributed by atoms with E-state index in [2.05, 4.69) is 26.0 Å². The molecule has 0 atom stereocenters. The van der Waals surface area contributed by atoms with Crippen LogP contribution in [0.1, 0.15) is 60.8 Å². The van der Waals surface area contributed by atoms with E-state index in [0.717, 1.165) is 17.5 Å². The van der Waals surface area contributed by atoms with Gasteiger partial charge in [-0.15, -0.1) is 0 Å². The topological polar surface area (TPSA) is 94.8 Å². The molecule has 1 aliphatic carbocycles. The molecule has 0 aliphatic heterocycles. The zero-order valence-electron chi connectivity index (χ0n) is 16.4. The highest BCUT2D eigenvalue weighted by atomic mass is 31.2. The summed E-state index contributed by atoms with van der Waals surface area (Å²) in [5, 5.41) is 8.67. The van der Waals surface area contributed by atoms with Crippen LogP contribution in [0.25, 0.3) is 0 Å². The quantitative estimate of drug-likeness (QED) is 0.436. The Kier molecular flexibility index (Phi) is 7.96. The summed E-state index contributed by atoms with van der Waals surface area (Å²) in [4.78, 5) is 42.8. The average molecular weight is 395 g/mol. The number of carbonyl (C=O) groups excluding carboxylic acids is 1. The molecule has 5 nitrogen and oxygen atoms in total. The average Bonchev–Trinajstić information content (AvgIpc) is 2.53. The molecule has 1 aliphatic rings. The van der Waals surface area contributed by atoms with Gasteiger partial charge >= 0.3 is 5.97 Å². The molecule has 1 fully saturated rings. The van der Waals surface area contributed by atoms with E-state index in [-0.39, 0.29) is 6.16 Å². The molecule has 2 rings (SSSR count). The fourth-order valence-corrected chi connectivity index (χ4v) is 5.62. The minimum absolute atomic E-state index is 0.125. The number of aliphatic carboxylic acids is 1. The number of hydrogen-bond donors (Lipinski definition) is 3. The molecule has 0 bridgehead atoms. The summed E-state index contributed by atoms with van der Waals surface area (Å²) >= 11 is 0. The molecule has 1 aromatic carbocycles. The first-order valence-corrected chi connectivity index (χ1v) is 11.9. The SMILES string of the molecule is Cc1cc(C)c(CC[P+](O)(O)CC(=O)CC(=O)O)c(CC2CCCCC2)c1. The van der Waals surface area contributed by atoms with Crippen LogP contribution in [-0.2, 0) is 22.4 Å². The lowest BCUT2D eigenvalue weighted by molar-refractivity contribution is -0.139. The number of carboxylic acid groups (broad SMARTS) is 1. The van der Waals surface area contributed by atoms with Crippen molar-refractivity contribution in [2.24, 2.45) is 5.92 Å². The molecule has 27 heavy (non-hydrogen) atoms. The highest BCUT2D eigenvalue weighted by molar-refractivity contribution is 7.65. The predicted molar refractivity (Wildman–Crippen MR) is 108 cm³/mol.